The van der Waals surface area contributed by atoms with Crippen LogP contribution >= 0.6 is 0 Å². The predicted molar refractivity (Wildman–Crippen MR) is 84.2 cm³/mol. The molecule has 2 rings (SSSR count). The summed E-state index contributed by atoms with van der Waals surface area (Å²) in [5, 5.41) is 13.4. The lowest BCUT2D eigenvalue weighted by Crippen LogP contribution is -2.39. The maximum atomic E-state index is 11.9. The molecule has 0 unspecified atom stereocenters. The zero-order valence-electron chi connectivity index (χ0n) is 12.6. The van der Waals surface area contributed by atoms with Crippen LogP contribution in [0.3, 0.4) is 0 Å². The molecule has 1 amide bonds. The zero-order chi connectivity index (χ0) is 15.4. The second-order valence-corrected chi connectivity index (χ2v) is 5.40. The van der Waals surface area contributed by atoms with E-state index in [1.165, 1.54) is 0 Å². The lowest BCUT2D eigenvalue weighted by molar-refractivity contribution is -0.120. The second kappa shape index (κ2) is 6.54. The van der Waals surface area contributed by atoms with E-state index in [1.807, 2.05) is 44.2 Å². The van der Waals surface area contributed by atoms with Gasteiger partial charge in [0.2, 0.25) is 5.91 Å². The fourth-order valence-electron chi connectivity index (χ4n) is 2.25. The summed E-state index contributed by atoms with van der Waals surface area (Å²) in [4.78, 5) is 18.2. The second-order valence-electron chi connectivity index (χ2n) is 5.40. The summed E-state index contributed by atoms with van der Waals surface area (Å²) in [5.74, 6) is 0.571. The van der Waals surface area contributed by atoms with E-state index in [2.05, 4.69) is 10.3 Å². The SMILES string of the molecule is CC(C)NC(=O)CN(C)c1nc2ccccc2cc1CO. The van der Waals surface area contributed by atoms with Gasteiger partial charge in [-0.05, 0) is 26.0 Å². The molecular weight excluding hydrogens is 266 g/mol. The Bertz CT molecular complexity index is 640. The fraction of sp³-hybridized carbons (Fsp3) is 0.375. The van der Waals surface area contributed by atoms with Crippen molar-refractivity contribution in [2.75, 3.05) is 18.5 Å². The number of aliphatic hydroxyl groups is 1. The molecule has 2 aromatic rings. The van der Waals surface area contributed by atoms with E-state index in [1.54, 1.807) is 11.9 Å². The van der Waals surface area contributed by atoms with Gasteiger partial charge in [-0.15, -0.1) is 0 Å². The van der Waals surface area contributed by atoms with Crippen molar-refractivity contribution in [2.45, 2.75) is 26.5 Å². The minimum atomic E-state index is -0.108. The molecule has 5 heteroatoms. The lowest BCUT2D eigenvalue weighted by atomic mass is 10.1. The minimum Gasteiger partial charge on any atom is -0.392 e. The molecule has 1 aromatic heterocycles. The average molecular weight is 287 g/mol. The molecule has 2 N–H and O–H groups in total. The first-order valence-corrected chi connectivity index (χ1v) is 7.01. The normalized spacial score (nSPS) is 10.9. The minimum absolute atomic E-state index is 0.0636. The third-order valence-electron chi connectivity index (χ3n) is 3.14. The molecule has 0 radical (unpaired) electrons. The largest absolute Gasteiger partial charge is 0.392 e. The number of amides is 1. The van der Waals surface area contributed by atoms with Gasteiger partial charge in [-0.25, -0.2) is 4.98 Å². The Labute approximate surface area is 124 Å². The maximum Gasteiger partial charge on any atom is 0.239 e. The first-order valence-electron chi connectivity index (χ1n) is 7.01. The summed E-state index contributed by atoms with van der Waals surface area (Å²) < 4.78 is 0. The molecule has 0 saturated heterocycles. The van der Waals surface area contributed by atoms with Crippen molar-refractivity contribution < 1.29 is 9.90 Å². The molecule has 0 spiro atoms. The number of hydrogen-bond donors (Lipinski definition) is 2. The van der Waals surface area contributed by atoms with E-state index in [0.717, 1.165) is 10.9 Å². The zero-order valence-corrected chi connectivity index (χ0v) is 12.6. The third-order valence-corrected chi connectivity index (χ3v) is 3.14. The van der Waals surface area contributed by atoms with Crippen LogP contribution in [0, 0.1) is 0 Å². The Morgan fingerprint density at radius 1 is 1.38 bits per heavy atom. The van der Waals surface area contributed by atoms with Gasteiger partial charge in [-0.3, -0.25) is 4.79 Å². The van der Waals surface area contributed by atoms with E-state index in [9.17, 15) is 9.90 Å². The molecule has 21 heavy (non-hydrogen) atoms. The van der Waals surface area contributed by atoms with E-state index in [-0.39, 0.29) is 25.1 Å². The highest BCUT2D eigenvalue weighted by molar-refractivity contribution is 5.84. The van der Waals surface area contributed by atoms with Gasteiger partial charge < -0.3 is 15.3 Å². The number of anilines is 1. The van der Waals surface area contributed by atoms with Crippen molar-refractivity contribution in [1.82, 2.24) is 10.3 Å². The van der Waals surface area contributed by atoms with E-state index in [0.29, 0.717) is 11.4 Å². The Morgan fingerprint density at radius 2 is 2.10 bits per heavy atom. The van der Waals surface area contributed by atoms with E-state index >= 15 is 0 Å². The number of carbonyl (C=O) groups is 1. The maximum absolute atomic E-state index is 11.9. The molecule has 0 saturated carbocycles. The number of fused-ring (bicyclic) bond motifs is 1. The van der Waals surface area contributed by atoms with Crippen LogP contribution in [0.5, 0.6) is 0 Å². The third kappa shape index (κ3) is 3.70. The van der Waals surface area contributed by atoms with Crippen molar-refractivity contribution in [3.8, 4) is 0 Å². The summed E-state index contributed by atoms with van der Waals surface area (Å²) in [6.45, 7) is 3.94. The predicted octanol–water partition coefficient (Wildman–Crippen LogP) is 1.69. The number of nitrogens with one attached hydrogen (secondary N) is 1. The molecule has 0 aliphatic carbocycles. The van der Waals surface area contributed by atoms with Crippen molar-refractivity contribution >= 4 is 22.6 Å². The molecule has 0 fully saturated rings. The number of nitrogens with zero attached hydrogens (tertiary/aromatic N) is 2. The van der Waals surface area contributed by atoms with Gasteiger partial charge >= 0.3 is 0 Å². The van der Waals surface area contributed by atoms with E-state index < -0.39 is 0 Å². The molecule has 1 heterocycles. The Hall–Kier alpha value is -2.14. The number of rotatable bonds is 5. The highest BCUT2D eigenvalue weighted by atomic mass is 16.3. The average Bonchev–Trinajstić information content (AvgIpc) is 2.44. The summed E-state index contributed by atoms with van der Waals surface area (Å²) in [7, 11) is 1.80. The fourth-order valence-corrected chi connectivity index (χ4v) is 2.25. The number of para-hydroxylation sites is 1. The summed E-state index contributed by atoms with van der Waals surface area (Å²) in [6.07, 6.45) is 0. The number of carbonyl (C=O) groups excluding carboxylic acids is 1. The van der Waals surface area contributed by atoms with Crippen LogP contribution in [0.2, 0.25) is 0 Å². The van der Waals surface area contributed by atoms with Crippen LogP contribution in [-0.4, -0.2) is 35.6 Å². The number of pyridine rings is 1. The number of hydrogen-bond acceptors (Lipinski definition) is 4. The Balaban J connectivity index is 2.29. The number of aromatic nitrogens is 1. The highest BCUT2D eigenvalue weighted by Gasteiger charge is 2.14. The van der Waals surface area contributed by atoms with Crippen LogP contribution in [0.4, 0.5) is 5.82 Å². The van der Waals surface area contributed by atoms with Crippen molar-refractivity contribution in [2.24, 2.45) is 0 Å². The van der Waals surface area contributed by atoms with Crippen LogP contribution in [0.1, 0.15) is 19.4 Å². The molecule has 0 aliphatic heterocycles. The lowest BCUT2D eigenvalue weighted by Gasteiger charge is -2.21. The monoisotopic (exact) mass is 287 g/mol. The molecule has 112 valence electrons. The van der Waals surface area contributed by atoms with Crippen molar-refractivity contribution in [3.63, 3.8) is 0 Å². The number of benzene rings is 1. The quantitative estimate of drug-likeness (QED) is 0.878. The van der Waals surface area contributed by atoms with E-state index in [4.69, 9.17) is 0 Å². The van der Waals surface area contributed by atoms with Gasteiger partial charge in [-0.2, -0.15) is 0 Å². The number of aliphatic hydroxyl groups excluding tert-OH is 1. The van der Waals surface area contributed by atoms with Gasteiger partial charge in [0.15, 0.2) is 0 Å². The van der Waals surface area contributed by atoms with Crippen LogP contribution in [0.15, 0.2) is 30.3 Å². The van der Waals surface area contributed by atoms with Crippen LogP contribution < -0.4 is 10.2 Å². The van der Waals surface area contributed by atoms with Crippen molar-refractivity contribution in [3.05, 3.63) is 35.9 Å². The van der Waals surface area contributed by atoms with Gasteiger partial charge in [0, 0.05) is 24.0 Å². The standard InChI is InChI=1S/C16H21N3O2/c1-11(2)17-15(21)9-19(3)16-13(10-20)8-12-6-4-5-7-14(12)18-16/h4-8,11,20H,9-10H2,1-3H3,(H,17,21). The molecule has 5 nitrogen and oxygen atoms in total. The molecular formula is C16H21N3O2. The van der Waals surface area contributed by atoms with Gasteiger partial charge in [0.05, 0.1) is 18.7 Å². The summed E-state index contributed by atoms with van der Waals surface area (Å²) in [6, 6.07) is 9.74. The van der Waals surface area contributed by atoms with Crippen LogP contribution in [0.25, 0.3) is 10.9 Å². The molecule has 0 aliphatic rings. The van der Waals surface area contributed by atoms with Gasteiger partial charge in [0.1, 0.15) is 5.82 Å². The summed E-state index contributed by atoms with van der Waals surface area (Å²) >= 11 is 0. The summed E-state index contributed by atoms with van der Waals surface area (Å²) in [5.41, 5.74) is 1.56. The topological polar surface area (TPSA) is 65.5 Å². The highest BCUT2D eigenvalue weighted by Crippen LogP contribution is 2.22. The Morgan fingerprint density at radius 3 is 2.76 bits per heavy atom. The van der Waals surface area contributed by atoms with Crippen molar-refractivity contribution in [1.29, 1.82) is 0 Å². The van der Waals surface area contributed by atoms with Gasteiger partial charge in [-0.1, -0.05) is 18.2 Å². The molecule has 1 aromatic carbocycles. The van der Waals surface area contributed by atoms with Gasteiger partial charge in [0.25, 0.3) is 0 Å². The number of likely N-dealkylation sites (N-methyl/N-ethyl adjacent to an activating group) is 1. The first-order chi connectivity index (χ1) is 10.0. The Kier molecular flexibility index (Phi) is 4.75. The van der Waals surface area contributed by atoms with Crippen LogP contribution in [-0.2, 0) is 11.4 Å². The molecule has 0 atom stereocenters. The first kappa shape index (κ1) is 15.3. The smallest absolute Gasteiger partial charge is 0.239 e. The molecule has 0 bridgehead atoms.